The maximum absolute atomic E-state index is 15.1. The third kappa shape index (κ3) is 7.03. The van der Waals surface area contributed by atoms with Crippen LogP contribution in [0, 0.1) is 24.5 Å². The Balaban J connectivity index is 1.51. The molecular formula is C29H24Cl5F2N3O4. The van der Waals surface area contributed by atoms with Crippen LogP contribution < -0.4 is 16.0 Å². The number of anilines is 3. The molecule has 0 aliphatic heterocycles. The van der Waals surface area contributed by atoms with Crippen molar-refractivity contribution in [3.8, 4) is 0 Å². The van der Waals surface area contributed by atoms with Gasteiger partial charge in [-0.05, 0) is 68.3 Å². The third-order valence-electron chi connectivity index (χ3n) is 6.78. The highest BCUT2D eigenvalue weighted by Gasteiger charge is 2.67. The van der Waals surface area contributed by atoms with Gasteiger partial charge in [0.05, 0.1) is 32.2 Å². The molecule has 0 aromatic heterocycles. The number of halogens is 7. The first-order chi connectivity index (χ1) is 20.2. The molecule has 0 spiro atoms. The number of hydrogen-bond acceptors (Lipinski definition) is 4. The summed E-state index contributed by atoms with van der Waals surface area (Å²) in [5.41, 5.74) is 0.190. The Morgan fingerprint density at radius 3 is 2.33 bits per heavy atom. The molecular weight excluding hydrogens is 670 g/mol. The first-order valence-electron chi connectivity index (χ1n) is 12.8. The fourth-order valence-electron chi connectivity index (χ4n) is 4.50. The molecule has 1 fully saturated rings. The number of nitrogens with one attached hydrogen (secondary N) is 3. The van der Waals surface area contributed by atoms with Gasteiger partial charge in [0.2, 0.25) is 5.91 Å². The molecule has 0 bridgehead atoms. The summed E-state index contributed by atoms with van der Waals surface area (Å²) in [6.45, 7) is 5.06. The maximum Gasteiger partial charge on any atom is 0.257 e. The maximum atomic E-state index is 15.1. The lowest BCUT2D eigenvalue weighted by atomic mass is 10.1. The van der Waals surface area contributed by atoms with Crippen molar-refractivity contribution >= 4 is 92.8 Å². The van der Waals surface area contributed by atoms with Gasteiger partial charge >= 0.3 is 0 Å². The van der Waals surface area contributed by atoms with Crippen LogP contribution in [0.5, 0.6) is 0 Å². The normalized spacial score (nSPS) is 17.6. The SMILES string of the molecule is CCOC(C)C(=O)Nc1c(F)ccc(NC(=O)c2cc(NC(=O)[C@H]3[C@H](c4cc(C)c(Cl)c(Cl)c4)C3(Cl)Cl)ccc2Cl)c1F. The minimum Gasteiger partial charge on any atom is -0.369 e. The minimum absolute atomic E-state index is 0.0169. The highest BCUT2D eigenvalue weighted by molar-refractivity contribution is 6.53. The number of rotatable bonds is 9. The number of hydrogen-bond donors (Lipinski definition) is 3. The van der Waals surface area contributed by atoms with Gasteiger partial charge in [-0.2, -0.15) is 0 Å². The average molecular weight is 694 g/mol. The van der Waals surface area contributed by atoms with Crippen molar-refractivity contribution < 1.29 is 27.9 Å². The Morgan fingerprint density at radius 1 is 0.977 bits per heavy atom. The lowest BCUT2D eigenvalue weighted by Crippen LogP contribution is -2.28. The van der Waals surface area contributed by atoms with Crippen LogP contribution in [0.4, 0.5) is 25.8 Å². The van der Waals surface area contributed by atoms with Crippen molar-refractivity contribution in [2.45, 2.75) is 37.1 Å². The van der Waals surface area contributed by atoms with Gasteiger partial charge in [0.25, 0.3) is 11.8 Å². The van der Waals surface area contributed by atoms with Crippen LogP contribution in [-0.2, 0) is 14.3 Å². The van der Waals surface area contributed by atoms with Crippen molar-refractivity contribution in [1.29, 1.82) is 0 Å². The molecule has 0 radical (unpaired) electrons. The summed E-state index contributed by atoms with van der Waals surface area (Å²) >= 11 is 31.5. The molecule has 3 N–H and O–H groups in total. The number of carbonyl (C=O) groups excluding carboxylic acids is 3. The van der Waals surface area contributed by atoms with Gasteiger partial charge < -0.3 is 20.7 Å². The van der Waals surface area contributed by atoms with Crippen molar-refractivity contribution in [3.05, 3.63) is 85.9 Å². The van der Waals surface area contributed by atoms with Crippen LogP contribution in [0.25, 0.3) is 0 Å². The quantitative estimate of drug-likeness (QED) is 0.196. The number of amides is 3. The molecule has 1 unspecified atom stereocenters. The third-order valence-corrected chi connectivity index (χ3v) is 8.95. The monoisotopic (exact) mass is 691 g/mol. The lowest BCUT2D eigenvalue weighted by Gasteiger charge is -2.15. The Bertz CT molecular complexity index is 1600. The van der Waals surface area contributed by atoms with Crippen LogP contribution in [-0.4, -0.2) is 34.8 Å². The molecule has 0 heterocycles. The van der Waals surface area contributed by atoms with Crippen LogP contribution >= 0.6 is 58.0 Å². The van der Waals surface area contributed by atoms with E-state index in [0.29, 0.717) is 21.2 Å². The van der Waals surface area contributed by atoms with E-state index in [1.807, 2.05) is 0 Å². The van der Waals surface area contributed by atoms with E-state index in [9.17, 15) is 18.8 Å². The molecule has 14 heteroatoms. The number of carbonyl (C=O) groups is 3. The predicted octanol–water partition coefficient (Wildman–Crippen LogP) is 8.38. The standard InChI is InChI=1S/C29H24Cl5F2N3O4/c1-4-43-13(3)26(40)39-25-19(35)7-8-20(24(25)36)38-27(41)16-11-15(5-6-17(16)30)37-28(42)22-21(29(22,33)34)14-9-12(2)23(32)18(31)10-14/h5-11,13,21-22H,4H2,1-3H3,(H,37,42)(H,38,41)(H,39,40)/t13?,21-,22+/m0/s1. The topological polar surface area (TPSA) is 96.5 Å². The number of ether oxygens (including phenoxy) is 1. The summed E-state index contributed by atoms with van der Waals surface area (Å²) in [6.07, 6.45) is -0.972. The first-order valence-corrected chi connectivity index (χ1v) is 14.7. The summed E-state index contributed by atoms with van der Waals surface area (Å²) < 4.78 is 33.2. The van der Waals surface area contributed by atoms with Gasteiger partial charge in [0.1, 0.15) is 21.9 Å². The van der Waals surface area contributed by atoms with E-state index in [-0.39, 0.29) is 22.9 Å². The van der Waals surface area contributed by atoms with E-state index >= 15 is 4.39 Å². The first kappa shape index (κ1) is 33.2. The molecule has 7 nitrogen and oxygen atoms in total. The number of aryl methyl sites for hydroxylation is 1. The molecule has 4 rings (SSSR count). The summed E-state index contributed by atoms with van der Waals surface area (Å²) in [5.74, 6) is -5.88. The Hall–Kier alpha value is -2.66. The largest absolute Gasteiger partial charge is 0.369 e. The van der Waals surface area contributed by atoms with Crippen LogP contribution in [0.1, 0.15) is 41.3 Å². The van der Waals surface area contributed by atoms with E-state index in [4.69, 9.17) is 62.7 Å². The zero-order chi connectivity index (χ0) is 31.8. The van der Waals surface area contributed by atoms with Crippen LogP contribution in [0.15, 0.2) is 42.5 Å². The van der Waals surface area contributed by atoms with Crippen LogP contribution in [0.2, 0.25) is 15.1 Å². The summed E-state index contributed by atoms with van der Waals surface area (Å²) in [4.78, 5) is 38.5. The Labute approximate surface area is 271 Å². The number of benzene rings is 3. The lowest BCUT2D eigenvalue weighted by molar-refractivity contribution is -0.126. The highest BCUT2D eigenvalue weighted by atomic mass is 35.5. The molecule has 1 aliphatic carbocycles. The van der Waals surface area contributed by atoms with Gasteiger partial charge in [-0.15, -0.1) is 23.2 Å². The van der Waals surface area contributed by atoms with Crippen molar-refractivity contribution in [1.82, 2.24) is 0 Å². The average Bonchev–Trinajstić information content (AvgIpc) is 3.53. The van der Waals surface area contributed by atoms with Gasteiger partial charge in [-0.3, -0.25) is 14.4 Å². The summed E-state index contributed by atoms with van der Waals surface area (Å²) in [7, 11) is 0. The van der Waals surface area contributed by atoms with E-state index in [1.54, 1.807) is 26.0 Å². The van der Waals surface area contributed by atoms with E-state index in [2.05, 4.69) is 16.0 Å². The van der Waals surface area contributed by atoms with E-state index in [1.165, 1.54) is 25.1 Å². The summed E-state index contributed by atoms with van der Waals surface area (Å²) in [6, 6.07) is 9.30. The second kappa shape index (κ2) is 13.1. The highest BCUT2D eigenvalue weighted by Crippen LogP contribution is 2.65. The zero-order valence-electron chi connectivity index (χ0n) is 22.8. The molecule has 43 heavy (non-hydrogen) atoms. The molecule has 0 saturated heterocycles. The zero-order valence-corrected chi connectivity index (χ0v) is 26.5. The minimum atomic E-state index is -1.42. The van der Waals surface area contributed by atoms with Crippen LogP contribution in [0.3, 0.4) is 0 Å². The Kier molecular flexibility index (Phi) is 10.2. The fourth-order valence-corrected chi connectivity index (χ4v) is 5.92. The second-order valence-electron chi connectivity index (χ2n) is 9.77. The van der Waals surface area contributed by atoms with Gasteiger partial charge in [0.15, 0.2) is 5.82 Å². The van der Waals surface area contributed by atoms with E-state index in [0.717, 1.165) is 12.1 Å². The molecule has 228 valence electrons. The van der Waals surface area contributed by atoms with Gasteiger partial charge in [-0.1, -0.05) is 40.9 Å². The Morgan fingerprint density at radius 2 is 1.67 bits per heavy atom. The molecule has 3 amide bonds. The molecule has 1 saturated carbocycles. The fraction of sp³-hybridized carbons (Fsp3) is 0.276. The smallest absolute Gasteiger partial charge is 0.257 e. The van der Waals surface area contributed by atoms with Crippen molar-refractivity contribution in [2.24, 2.45) is 5.92 Å². The van der Waals surface area contributed by atoms with E-state index < -0.39 is 63.0 Å². The molecule has 1 aliphatic rings. The van der Waals surface area contributed by atoms with Gasteiger partial charge in [0, 0.05) is 18.2 Å². The molecule has 3 aromatic carbocycles. The predicted molar refractivity (Wildman–Crippen MR) is 166 cm³/mol. The van der Waals surface area contributed by atoms with Crippen molar-refractivity contribution in [2.75, 3.05) is 22.6 Å². The molecule has 3 aromatic rings. The van der Waals surface area contributed by atoms with Gasteiger partial charge in [-0.25, -0.2) is 8.78 Å². The molecule has 3 atom stereocenters. The summed E-state index contributed by atoms with van der Waals surface area (Å²) in [5, 5.41) is 7.77. The number of alkyl halides is 2. The van der Waals surface area contributed by atoms with Crippen molar-refractivity contribution in [3.63, 3.8) is 0 Å². The second-order valence-corrected chi connectivity index (χ2v) is 12.4.